The number of rotatable bonds is 3. The summed E-state index contributed by atoms with van der Waals surface area (Å²) < 4.78 is 30.9. The van der Waals surface area contributed by atoms with Gasteiger partial charge in [0.05, 0.1) is 0 Å². The summed E-state index contributed by atoms with van der Waals surface area (Å²) in [4.78, 5) is 22.5. The van der Waals surface area contributed by atoms with Crippen LogP contribution in [0.15, 0.2) is 59.5 Å². The Morgan fingerprint density at radius 2 is 1.70 bits per heavy atom. The Bertz CT molecular complexity index is 1000. The molecular formula is C16H9KO5S. The molecule has 0 heterocycles. The molecule has 0 radical (unpaired) electrons. The van der Waals surface area contributed by atoms with Gasteiger partial charge >= 0.3 is 169 Å². The maximum absolute atomic E-state index is 12.4. The van der Waals surface area contributed by atoms with Crippen LogP contribution in [0.25, 0.3) is 10.8 Å². The molecule has 1 aliphatic rings. The quantitative estimate of drug-likeness (QED) is 0.467. The second kappa shape index (κ2) is 6.43. The van der Waals surface area contributed by atoms with Crippen molar-refractivity contribution in [3.8, 4) is 5.75 Å². The molecular weight excluding hydrogens is 343 g/mol. The van der Waals surface area contributed by atoms with E-state index in [2.05, 4.69) is 0 Å². The first-order valence-electron chi connectivity index (χ1n) is 6.79. The average Bonchev–Trinajstić information content (AvgIpc) is 2.52. The molecule has 0 aliphatic heterocycles. The second-order valence-electron chi connectivity index (χ2n) is 5.08. The van der Waals surface area contributed by atoms with E-state index in [1.54, 1.807) is 12.1 Å². The zero-order chi connectivity index (χ0) is 16.6. The van der Waals surface area contributed by atoms with Crippen LogP contribution in [0.4, 0.5) is 0 Å². The third kappa shape index (κ3) is 3.40. The van der Waals surface area contributed by atoms with Crippen LogP contribution in [0.5, 0.6) is 5.75 Å². The van der Waals surface area contributed by atoms with Crippen LogP contribution >= 0.6 is 0 Å². The molecule has 0 fully saturated rings. The van der Waals surface area contributed by atoms with Crippen molar-refractivity contribution in [3.05, 3.63) is 59.5 Å². The molecule has 2 aromatic rings. The average molecular weight is 352 g/mol. The molecule has 2 aromatic carbocycles. The van der Waals surface area contributed by atoms with Gasteiger partial charge in [0.1, 0.15) is 0 Å². The molecule has 0 amide bonds. The summed E-state index contributed by atoms with van der Waals surface area (Å²) in [6.45, 7) is 0. The molecule has 3 rings (SSSR count). The van der Waals surface area contributed by atoms with Crippen LogP contribution in [0, 0.1) is 0 Å². The minimum absolute atomic E-state index is 0.169. The van der Waals surface area contributed by atoms with Gasteiger partial charge in [0.25, 0.3) is 0 Å². The molecule has 0 N–H and O–H groups in total. The molecule has 5 nitrogen and oxygen atoms in total. The molecule has 0 saturated heterocycles. The maximum atomic E-state index is 12.4. The van der Waals surface area contributed by atoms with Gasteiger partial charge in [-0.2, -0.15) is 0 Å². The fraction of sp³-hybridized carbons (Fsp3) is 0. The van der Waals surface area contributed by atoms with Gasteiger partial charge in [0.15, 0.2) is 0 Å². The number of benzene rings is 2. The van der Waals surface area contributed by atoms with E-state index in [0.29, 0.717) is 5.39 Å². The van der Waals surface area contributed by atoms with Crippen molar-refractivity contribution >= 4 is 81.1 Å². The van der Waals surface area contributed by atoms with E-state index in [0.717, 1.165) is 23.3 Å². The topological polar surface area (TPSA) is 77.5 Å². The van der Waals surface area contributed by atoms with Crippen LogP contribution in [0.2, 0.25) is 0 Å². The van der Waals surface area contributed by atoms with E-state index in [4.69, 9.17) is 4.18 Å². The first-order valence-corrected chi connectivity index (χ1v) is 9.76. The zero-order valence-corrected chi connectivity index (χ0v) is 16.1. The predicted octanol–water partition coefficient (Wildman–Crippen LogP) is 0.934. The normalized spacial score (nSPS) is 15.0. The summed E-state index contributed by atoms with van der Waals surface area (Å²) in [6, 6.07) is 10.9. The van der Waals surface area contributed by atoms with Crippen molar-refractivity contribution in [2.24, 2.45) is 0 Å². The molecule has 0 spiro atoms. The Morgan fingerprint density at radius 3 is 2.48 bits per heavy atom. The summed E-state index contributed by atoms with van der Waals surface area (Å²) in [5.41, 5.74) is 0. The van der Waals surface area contributed by atoms with Crippen LogP contribution in [-0.2, 0) is 19.7 Å². The van der Waals surface area contributed by atoms with Crippen molar-refractivity contribution in [1.29, 1.82) is 0 Å². The Labute approximate surface area is 166 Å². The van der Waals surface area contributed by atoms with Crippen LogP contribution < -0.4 is 3.84 Å². The zero-order valence-electron chi connectivity index (χ0n) is 12.1. The van der Waals surface area contributed by atoms with Gasteiger partial charge < -0.3 is 0 Å². The molecule has 0 bridgehead atoms. The summed E-state index contributed by atoms with van der Waals surface area (Å²) in [7, 11) is -4.36. The Balaban J connectivity index is 2.10. The van der Waals surface area contributed by atoms with E-state index < -0.39 is 26.6 Å². The van der Waals surface area contributed by atoms with Crippen LogP contribution in [0.1, 0.15) is 0 Å². The Morgan fingerprint density at radius 1 is 0.957 bits per heavy atom. The molecule has 7 heteroatoms. The standard InChI is InChI=1S/C16H9O5S.K/c17-12-8-9-14(18)16(10-12)22(19,20)21-15-7-3-5-11-4-1-2-6-13(11)15;/h1-6,8-10H;. The van der Waals surface area contributed by atoms with Crippen LogP contribution in [-0.4, -0.2) is 68.9 Å². The summed E-state index contributed by atoms with van der Waals surface area (Å²) in [5, 5.41) is 1.50. The van der Waals surface area contributed by atoms with E-state index in [1.807, 2.05) is 24.3 Å². The summed E-state index contributed by atoms with van der Waals surface area (Å²) in [5.74, 6) is -1.08. The van der Waals surface area contributed by atoms with Gasteiger partial charge in [-0.05, 0) is 0 Å². The van der Waals surface area contributed by atoms with Gasteiger partial charge in [-0.3, -0.25) is 0 Å². The number of hydrogen-bond donors (Lipinski definition) is 0. The molecule has 23 heavy (non-hydrogen) atoms. The van der Waals surface area contributed by atoms with E-state index in [9.17, 15) is 18.0 Å². The Kier molecular flexibility index (Phi) is 4.68. The number of hydrogen-bond acceptors (Lipinski definition) is 5. The van der Waals surface area contributed by atoms with E-state index in [-0.39, 0.29) is 54.7 Å². The summed E-state index contributed by atoms with van der Waals surface area (Å²) in [6.07, 6.45) is 2.76. The first kappa shape index (κ1) is 16.8. The Hall–Kier alpha value is -1.09. The minimum atomic E-state index is -4.36. The number of carbonyl (C=O) groups is 2. The van der Waals surface area contributed by atoms with Crippen molar-refractivity contribution in [3.63, 3.8) is 0 Å². The SMILES string of the molecule is O=C1C=CC(=O)C(S(=O)(=O)Oc2[c]([K])ccc3ccccc23)=C1. The number of carbonyl (C=O) groups excluding carboxylic acids is 2. The molecule has 0 saturated carbocycles. The third-order valence-corrected chi connectivity index (χ3v) is 5.93. The van der Waals surface area contributed by atoms with Crippen LogP contribution in [0.3, 0.4) is 0 Å². The number of fused-ring (bicyclic) bond motifs is 1. The summed E-state index contributed by atoms with van der Waals surface area (Å²) >= 11 is 0.169. The second-order valence-corrected chi connectivity index (χ2v) is 8.28. The molecule has 110 valence electrons. The third-order valence-electron chi connectivity index (χ3n) is 3.45. The van der Waals surface area contributed by atoms with Gasteiger partial charge in [-0.1, -0.05) is 0 Å². The molecule has 1 aliphatic carbocycles. The fourth-order valence-electron chi connectivity index (χ4n) is 2.30. The van der Waals surface area contributed by atoms with E-state index in [1.165, 1.54) is 0 Å². The predicted molar refractivity (Wildman–Crippen MR) is 86.1 cm³/mol. The van der Waals surface area contributed by atoms with E-state index >= 15 is 0 Å². The first-order chi connectivity index (χ1) is 10.9. The molecule has 0 aromatic heterocycles. The number of ketones is 2. The fourth-order valence-corrected chi connectivity index (χ4v) is 4.48. The van der Waals surface area contributed by atoms with Gasteiger partial charge in [-0.25, -0.2) is 0 Å². The van der Waals surface area contributed by atoms with Crippen molar-refractivity contribution < 1.29 is 22.2 Å². The van der Waals surface area contributed by atoms with Gasteiger partial charge in [-0.15, -0.1) is 0 Å². The van der Waals surface area contributed by atoms with Crippen molar-refractivity contribution in [2.45, 2.75) is 0 Å². The molecule has 0 unspecified atom stereocenters. The van der Waals surface area contributed by atoms with Crippen molar-refractivity contribution in [2.75, 3.05) is 0 Å². The molecule has 0 atom stereocenters. The van der Waals surface area contributed by atoms with Gasteiger partial charge in [0.2, 0.25) is 0 Å². The van der Waals surface area contributed by atoms with Crippen molar-refractivity contribution in [1.82, 2.24) is 0 Å². The number of allylic oxidation sites excluding steroid dienone is 4. The monoisotopic (exact) mass is 352 g/mol. The van der Waals surface area contributed by atoms with Gasteiger partial charge in [0, 0.05) is 0 Å².